The summed E-state index contributed by atoms with van der Waals surface area (Å²) >= 11 is 0. The third-order valence-corrected chi connectivity index (χ3v) is 3.56. The summed E-state index contributed by atoms with van der Waals surface area (Å²) in [7, 11) is 1.90. The van der Waals surface area contributed by atoms with E-state index in [2.05, 4.69) is 6.92 Å². The van der Waals surface area contributed by atoms with E-state index >= 15 is 0 Å². The molecule has 88 valence electrons. The van der Waals surface area contributed by atoms with E-state index in [9.17, 15) is 4.79 Å². The molecule has 0 bridgehead atoms. The van der Waals surface area contributed by atoms with Crippen molar-refractivity contribution in [1.29, 1.82) is 0 Å². The predicted octanol–water partition coefficient (Wildman–Crippen LogP) is 1.76. The van der Waals surface area contributed by atoms with E-state index in [1.54, 1.807) is 0 Å². The third kappa shape index (κ3) is 3.20. The Morgan fingerprint density at radius 1 is 1.53 bits per heavy atom. The van der Waals surface area contributed by atoms with Crippen molar-refractivity contribution in [2.24, 2.45) is 11.7 Å². The van der Waals surface area contributed by atoms with Gasteiger partial charge in [0.2, 0.25) is 5.91 Å². The minimum Gasteiger partial charge on any atom is -0.341 e. The van der Waals surface area contributed by atoms with Crippen LogP contribution in [-0.4, -0.2) is 29.9 Å². The van der Waals surface area contributed by atoms with Gasteiger partial charge in [0.05, 0.1) is 6.04 Å². The van der Waals surface area contributed by atoms with Crippen molar-refractivity contribution in [2.45, 2.75) is 58.0 Å². The molecule has 0 aromatic carbocycles. The normalized spacial score (nSPS) is 28.5. The minimum absolute atomic E-state index is 0.108. The van der Waals surface area contributed by atoms with Crippen molar-refractivity contribution in [2.75, 3.05) is 7.05 Å². The molecule has 0 aromatic rings. The number of carbonyl (C=O) groups excluding carboxylic acids is 1. The molecule has 0 saturated heterocycles. The van der Waals surface area contributed by atoms with E-state index in [-0.39, 0.29) is 11.9 Å². The van der Waals surface area contributed by atoms with E-state index < -0.39 is 0 Å². The predicted molar refractivity (Wildman–Crippen MR) is 62.5 cm³/mol. The number of amides is 1. The zero-order valence-electron chi connectivity index (χ0n) is 10.2. The summed E-state index contributed by atoms with van der Waals surface area (Å²) in [6.07, 6.45) is 5.55. The summed E-state index contributed by atoms with van der Waals surface area (Å²) in [5.41, 5.74) is 5.77. The summed E-state index contributed by atoms with van der Waals surface area (Å²) < 4.78 is 0. The Morgan fingerprint density at radius 3 is 2.73 bits per heavy atom. The Hall–Kier alpha value is -0.570. The fraction of sp³-hybridized carbons (Fsp3) is 0.917. The number of carbonyl (C=O) groups is 1. The van der Waals surface area contributed by atoms with Gasteiger partial charge in [-0.15, -0.1) is 0 Å². The maximum absolute atomic E-state index is 11.9. The molecule has 3 atom stereocenters. The summed E-state index contributed by atoms with van der Waals surface area (Å²) in [5.74, 6) is 0.855. The van der Waals surface area contributed by atoms with Gasteiger partial charge in [0.25, 0.3) is 0 Å². The molecule has 0 heterocycles. The molecule has 0 aromatic heterocycles. The van der Waals surface area contributed by atoms with Crippen LogP contribution in [0.2, 0.25) is 0 Å². The van der Waals surface area contributed by atoms with Crippen molar-refractivity contribution >= 4 is 5.91 Å². The van der Waals surface area contributed by atoms with Crippen LogP contribution >= 0.6 is 0 Å². The number of nitrogens with two attached hydrogens (primary N) is 1. The van der Waals surface area contributed by atoms with Crippen LogP contribution in [-0.2, 0) is 4.79 Å². The lowest BCUT2D eigenvalue weighted by Crippen LogP contribution is -2.47. The second-order valence-electron chi connectivity index (χ2n) is 4.89. The van der Waals surface area contributed by atoms with Gasteiger partial charge in [-0.25, -0.2) is 0 Å². The topological polar surface area (TPSA) is 46.3 Å². The van der Waals surface area contributed by atoms with Gasteiger partial charge in [-0.1, -0.05) is 26.7 Å². The summed E-state index contributed by atoms with van der Waals surface area (Å²) in [6.45, 7) is 4.23. The van der Waals surface area contributed by atoms with Gasteiger partial charge in [0, 0.05) is 13.1 Å². The molecule has 3 unspecified atom stereocenters. The highest BCUT2D eigenvalue weighted by Gasteiger charge is 2.27. The third-order valence-electron chi connectivity index (χ3n) is 3.56. The van der Waals surface area contributed by atoms with Crippen molar-refractivity contribution < 1.29 is 4.79 Å². The quantitative estimate of drug-likeness (QED) is 0.775. The molecule has 2 N–H and O–H groups in total. The molecule has 1 fully saturated rings. The SMILES string of the molecule is CCC(N)C(=O)N(C)C1CCCC(C)C1. The summed E-state index contributed by atoms with van der Waals surface area (Å²) in [6, 6.07) is 0.103. The highest BCUT2D eigenvalue weighted by molar-refractivity contribution is 5.81. The fourth-order valence-corrected chi connectivity index (χ4v) is 2.37. The van der Waals surface area contributed by atoms with Crippen molar-refractivity contribution in [3.63, 3.8) is 0 Å². The lowest BCUT2D eigenvalue weighted by molar-refractivity contribution is -0.134. The Bertz CT molecular complexity index is 218. The maximum Gasteiger partial charge on any atom is 0.239 e. The Morgan fingerprint density at radius 2 is 2.20 bits per heavy atom. The van der Waals surface area contributed by atoms with Crippen LogP contribution in [0.3, 0.4) is 0 Å². The van der Waals surface area contributed by atoms with E-state index in [4.69, 9.17) is 5.73 Å². The molecule has 1 aliphatic rings. The van der Waals surface area contributed by atoms with E-state index in [1.165, 1.54) is 12.8 Å². The number of likely N-dealkylation sites (N-methyl/N-ethyl adjacent to an activating group) is 1. The van der Waals surface area contributed by atoms with Crippen LogP contribution in [0.25, 0.3) is 0 Å². The smallest absolute Gasteiger partial charge is 0.239 e. The van der Waals surface area contributed by atoms with Gasteiger partial charge in [-0.2, -0.15) is 0 Å². The molecule has 0 radical (unpaired) electrons. The van der Waals surface area contributed by atoms with Gasteiger partial charge >= 0.3 is 0 Å². The van der Waals surface area contributed by atoms with Crippen molar-refractivity contribution in [3.05, 3.63) is 0 Å². The molecular formula is C12H24N2O. The van der Waals surface area contributed by atoms with Gasteiger partial charge in [0.1, 0.15) is 0 Å². The zero-order chi connectivity index (χ0) is 11.4. The van der Waals surface area contributed by atoms with Gasteiger partial charge in [-0.3, -0.25) is 4.79 Å². The molecule has 1 amide bonds. The Kier molecular flexibility index (Phi) is 4.58. The molecule has 0 aliphatic heterocycles. The van der Waals surface area contributed by atoms with Crippen LogP contribution in [0, 0.1) is 5.92 Å². The minimum atomic E-state index is -0.313. The van der Waals surface area contributed by atoms with Crippen LogP contribution in [0.1, 0.15) is 46.0 Å². The summed E-state index contributed by atoms with van der Waals surface area (Å²) in [4.78, 5) is 13.8. The van der Waals surface area contributed by atoms with E-state index in [1.807, 2.05) is 18.9 Å². The Balaban J connectivity index is 2.51. The van der Waals surface area contributed by atoms with Gasteiger partial charge in [0.15, 0.2) is 0 Å². The number of rotatable bonds is 3. The summed E-state index contributed by atoms with van der Waals surface area (Å²) in [5, 5.41) is 0. The number of nitrogens with zero attached hydrogens (tertiary/aromatic N) is 1. The van der Waals surface area contributed by atoms with Crippen molar-refractivity contribution in [1.82, 2.24) is 4.90 Å². The van der Waals surface area contributed by atoms with Gasteiger partial charge < -0.3 is 10.6 Å². The van der Waals surface area contributed by atoms with E-state index in [0.29, 0.717) is 6.04 Å². The van der Waals surface area contributed by atoms with Gasteiger partial charge in [-0.05, 0) is 25.2 Å². The molecule has 15 heavy (non-hydrogen) atoms. The molecule has 3 heteroatoms. The maximum atomic E-state index is 11.9. The van der Waals surface area contributed by atoms with Crippen LogP contribution < -0.4 is 5.73 Å². The highest BCUT2D eigenvalue weighted by atomic mass is 16.2. The largest absolute Gasteiger partial charge is 0.341 e. The van der Waals surface area contributed by atoms with Crippen LogP contribution in [0.5, 0.6) is 0 Å². The zero-order valence-corrected chi connectivity index (χ0v) is 10.2. The van der Waals surface area contributed by atoms with Crippen LogP contribution in [0.4, 0.5) is 0 Å². The van der Waals surface area contributed by atoms with Crippen molar-refractivity contribution in [3.8, 4) is 0 Å². The number of hydrogen-bond donors (Lipinski definition) is 1. The molecule has 1 rings (SSSR count). The first-order valence-electron chi connectivity index (χ1n) is 6.08. The van der Waals surface area contributed by atoms with E-state index in [0.717, 1.165) is 25.2 Å². The standard InChI is InChI=1S/C12H24N2O/c1-4-11(13)12(15)14(3)10-7-5-6-9(2)8-10/h9-11H,4-8,13H2,1-3H3. The highest BCUT2D eigenvalue weighted by Crippen LogP contribution is 2.26. The molecular weight excluding hydrogens is 188 g/mol. The Labute approximate surface area is 93.0 Å². The molecule has 3 nitrogen and oxygen atoms in total. The lowest BCUT2D eigenvalue weighted by atomic mass is 9.86. The van der Waals surface area contributed by atoms with Crippen LogP contribution in [0.15, 0.2) is 0 Å². The average Bonchev–Trinajstić information content (AvgIpc) is 2.26. The number of hydrogen-bond acceptors (Lipinski definition) is 2. The first-order chi connectivity index (χ1) is 7.06. The fourth-order valence-electron chi connectivity index (χ4n) is 2.37. The first-order valence-corrected chi connectivity index (χ1v) is 6.08. The second kappa shape index (κ2) is 5.50. The first kappa shape index (κ1) is 12.5. The molecule has 1 aliphatic carbocycles. The molecule has 0 spiro atoms. The lowest BCUT2D eigenvalue weighted by Gasteiger charge is -2.35. The second-order valence-corrected chi connectivity index (χ2v) is 4.89. The molecule has 1 saturated carbocycles. The average molecular weight is 212 g/mol. The monoisotopic (exact) mass is 212 g/mol.